The van der Waals surface area contributed by atoms with E-state index in [0.29, 0.717) is 0 Å². The van der Waals surface area contributed by atoms with Gasteiger partial charge in [0.15, 0.2) is 0 Å². The van der Waals surface area contributed by atoms with Gasteiger partial charge in [-0.25, -0.2) is 0 Å². The molecule has 0 fully saturated rings. The van der Waals surface area contributed by atoms with Gasteiger partial charge in [-0.1, -0.05) is 0 Å². The van der Waals surface area contributed by atoms with Crippen LogP contribution in [0.2, 0.25) is 17.3 Å². The molecule has 0 atom stereocenters. The van der Waals surface area contributed by atoms with Gasteiger partial charge in [0.25, 0.3) is 0 Å². The summed E-state index contributed by atoms with van der Waals surface area (Å²) in [4.78, 5) is 9.37. The van der Waals surface area contributed by atoms with Gasteiger partial charge in [-0.05, 0) is 0 Å². The molecule has 3 aromatic heterocycles. The predicted octanol–water partition coefficient (Wildman–Crippen LogP) is 6.53. The van der Waals surface area contributed by atoms with Crippen molar-refractivity contribution in [3.05, 3.63) is 85.2 Å². The molecule has 0 bridgehead atoms. The van der Waals surface area contributed by atoms with Gasteiger partial charge in [-0.2, -0.15) is 0 Å². The van der Waals surface area contributed by atoms with E-state index in [1.807, 2.05) is 30.5 Å². The maximum atomic E-state index is 6.52. The first-order chi connectivity index (χ1) is 15.5. The van der Waals surface area contributed by atoms with Crippen LogP contribution in [0.15, 0.2) is 89.6 Å². The summed E-state index contributed by atoms with van der Waals surface area (Å²) in [5.41, 5.74) is 5.75. The summed E-state index contributed by atoms with van der Waals surface area (Å²) in [5.74, 6) is 8.08. The van der Waals surface area contributed by atoms with E-state index in [1.54, 1.807) is 6.20 Å². The SMILES string of the molecule is [CH3][Ge]([CH3])([CH3])[c]1ccc2c(c1)oc1c(-c3nc4ccncc4n3-c3ccccc3)cccc12. The van der Waals surface area contributed by atoms with Crippen molar-refractivity contribution in [3.8, 4) is 17.1 Å². The molecule has 0 saturated carbocycles. The van der Waals surface area contributed by atoms with Gasteiger partial charge in [-0.15, -0.1) is 0 Å². The molecule has 6 aromatic rings. The molecule has 0 aliphatic rings. The molecule has 32 heavy (non-hydrogen) atoms. The Morgan fingerprint density at radius 2 is 1.69 bits per heavy atom. The summed E-state index contributed by atoms with van der Waals surface area (Å²) >= 11 is -1.96. The third-order valence-electron chi connectivity index (χ3n) is 6.08. The zero-order chi connectivity index (χ0) is 21.9. The van der Waals surface area contributed by atoms with Crippen molar-refractivity contribution in [3.63, 3.8) is 0 Å². The molecule has 0 amide bonds. The number of aromatic nitrogens is 3. The van der Waals surface area contributed by atoms with Crippen LogP contribution in [0.25, 0.3) is 50.0 Å². The molecule has 0 N–H and O–H groups in total. The van der Waals surface area contributed by atoms with E-state index in [4.69, 9.17) is 9.40 Å². The number of rotatable bonds is 3. The summed E-state index contributed by atoms with van der Waals surface area (Å²) in [6, 6.07) is 25.4. The van der Waals surface area contributed by atoms with E-state index in [0.717, 1.165) is 50.0 Å². The standard InChI is InChI=1S/C27H23GeN3O/c1-28(2,3)18-12-13-20-21-10-7-11-22(26(21)32-25(20)16-18)27-30-23-14-15-29-17-24(23)31(27)19-8-5-4-6-9-19/h4-17H,1-3H3. The normalized spacial score (nSPS) is 12.2. The van der Waals surface area contributed by atoms with Crippen molar-refractivity contribution < 1.29 is 4.42 Å². The molecule has 4 nitrogen and oxygen atoms in total. The van der Waals surface area contributed by atoms with E-state index >= 15 is 0 Å². The van der Waals surface area contributed by atoms with E-state index in [1.165, 1.54) is 4.40 Å². The van der Waals surface area contributed by atoms with Crippen LogP contribution < -0.4 is 4.40 Å². The topological polar surface area (TPSA) is 43.9 Å². The predicted molar refractivity (Wildman–Crippen MR) is 135 cm³/mol. The van der Waals surface area contributed by atoms with Gasteiger partial charge in [0, 0.05) is 0 Å². The minimum atomic E-state index is -1.96. The Bertz CT molecular complexity index is 1610. The van der Waals surface area contributed by atoms with Crippen molar-refractivity contribution in [2.24, 2.45) is 0 Å². The Kier molecular flexibility index (Phi) is 4.27. The fourth-order valence-electron chi connectivity index (χ4n) is 4.38. The number of para-hydroxylation sites is 2. The van der Waals surface area contributed by atoms with E-state index < -0.39 is 13.3 Å². The molecular formula is C27H23GeN3O. The average Bonchev–Trinajstić information content (AvgIpc) is 3.37. The molecule has 0 spiro atoms. The first-order valence-corrected chi connectivity index (χ1v) is 18.2. The minimum absolute atomic E-state index is 0.859. The van der Waals surface area contributed by atoms with Crippen LogP contribution in [0.3, 0.4) is 0 Å². The second-order valence-electron chi connectivity index (χ2n) is 9.22. The van der Waals surface area contributed by atoms with Crippen LogP contribution in [0.1, 0.15) is 0 Å². The Morgan fingerprint density at radius 3 is 2.50 bits per heavy atom. The molecule has 0 radical (unpaired) electrons. The van der Waals surface area contributed by atoms with Gasteiger partial charge < -0.3 is 0 Å². The van der Waals surface area contributed by atoms with Crippen molar-refractivity contribution in [1.29, 1.82) is 0 Å². The Morgan fingerprint density at radius 1 is 0.844 bits per heavy atom. The van der Waals surface area contributed by atoms with Gasteiger partial charge in [0.05, 0.1) is 0 Å². The first kappa shape index (κ1) is 19.3. The summed E-state index contributed by atoms with van der Waals surface area (Å²) < 4.78 is 10.1. The van der Waals surface area contributed by atoms with Crippen LogP contribution >= 0.6 is 0 Å². The van der Waals surface area contributed by atoms with Crippen LogP contribution in [0.4, 0.5) is 0 Å². The molecule has 6 rings (SSSR count). The van der Waals surface area contributed by atoms with Gasteiger partial charge in [0.1, 0.15) is 0 Å². The number of benzene rings is 3. The van der Waals surface area contributed by atoms with Crippen LogP contribution in [-0.2, 0) is 0 Å². The number of nitrogens with zero attached hydrogens (tertiary/aromatic N) is 3. The van der Waals surface area contributed by atoms with Gasteiger partial charge in [0.2, 0.25) is 0 Å². The zero-order valence-corrected chi connectivity index (χ0v) is 20.4. The summed E-state index contributed by atoms with van der Waals surface area (Å²) in [6.07, 6.45) is 3.66. The molecule has 0 saturated heterocycles. The number of hydrogen-bond acceptors (Lipinski definition) is 3. The van der Waals surface area contributed by atoms with Gasteiger partial charge >= 0.3 is 189 Å². The van der Waals surface area contributed by atoms with E-state index in [2.05, 4.69) is 75.4 Å². The van der Waals surface area contributed by atoms with Crippen molar-refractivity contribution in [2.45, 2.75) is 17.3 Å². The molecule has 5 heteroatoms. The Hall–Kier alpha value is -3.38. The number of furan rings is 1. The third kappa shape index (κ3) is 2.98. The van der Waals surface area contributed by atoms with Crippen molar-refractivity contribution in [2.75, 3.05) is 0 Å². The van der Waals surface area contributed by atoms with Crippen molar-refractivity contribution in [1.82, 2.24) is 14.5 Å². The Balaban J connectivity index is 1.67. The van der Waals surface area contributed by atoms with Crippen LogP contribution in [0.5, 0.6) is 0 Å². The number of imidazole rings is 1. The second-order valence-corrected chi connectivity index (χ2v) is 19.9. The van der Waals surface area contributed by atoms with Gasteiger partial charge in [-0.3, -0.25) is 0 Å². The Labute approximate surface area is 188 Å². The fraction of sp³-hybridized carbons (Fsp3) is 0.111. The van der Waals surface area contributed by atoms with E-state index in [9.17, 15) is 0 Å². The second kappa shape index (κ2) is 7.07. The number of pyridine rings is 1. The average molecular weight is 478 g/mol. The molecular weight excluding hydrogens is 455 g/mol. The molecule has 0 aliphatic heterocycles. The molecule has 156 valence electrons. The number of hydrogen-bond donors (Lipinski definition) is 0. The van der Waals surface area contributed by atoms with Crippen molar-refractivity contribution >= 4 is 50.6 Å². The molecule has 3 aromatic carbocycles. The third-order valence-corrected chi connectivity index (χ3v) is 10.4. The number of fused-ring (bicyclic) bond motifs is 4. The summed E-state index contributed by atoms with van der Waals surface area (Å²) in [7, 11) is 0. The zero-order valence-electron chi connectivity index (χ0n) is 18.3. The quantitative estimate of drug-likeness (QED) is 0.272. The fourth-order valence-corrected chi connectivity index (χ4v) is 6.79. The summed E-state index contributed by atoms with van der Waals surface area (Å²) in [6.45, 7) is 0. The first-order valence-electron chi connectivity index (χ1n) is 10.8. The molecule has 0 unspecified atom stereocenters. The molecule has 3 heterocycles. The van der Waals surface area contributed by atoms with Crippen LogP contribution in [0, 0.1) is 0 Å². The van der Waals surface area contributed by atoms with E-state index in [-0.39, 0.29) is 0 Å². The van der Waals surface area contributed by atoms with Crippen LogP contribution in [-0.4, -0.2) is 27.8 Å². The monoisotopic (exact) mass is 479 g/mol. The molecule has 0 aliphatic carbocycles. The summed E-state index contributed by atoms with van der Waals surface area (Å²) in [5, 5.41) is 2.27. The maximum absolute atomic E-state index is 6.52.